The van der Waals surface area contributed by atoms with Crippen LogP contribution in [0.15, 0.2) is 72.9 Å². The third-order valence-electron chi connectivity index (χ3n) is 8.04. The van der Waals surface area contributed by atoms with Crippen molar-refractivity contribution in [3.8, 4) is 0 Å². The molecule has 7 nitrogen and oxygen atoms in total. The number of aromatic nitrogens is 1. The van der Waals surface area contributed by atoms with Crippen molar-refractivity contribution < 1.29 is 19.1 Å². The van der Waals surface area contributed by atoms with Crippen LogP contribution in [0.3, 0.4) is 0 Å². The van der Waals surface area contributed by atoms with Crippen molar-refractivity contribution in [3.05, 3.63) is 83.6 Å². The van der Waals surface area contributed by atoms with Gasteiger partial charge >= 0.3 is 6.09 Å². The smallest absolute Gasteiger partial charge is 0.412 e. The maximum atomic E-state index is 13.4. The van der Waals surface area contributed by atoms with E-state index in [4.69, 9.17) is 16.3 Å². The molecule has 0 spiro atoms. The molecule has 3 rings (SSSR count). The van der Waals surface area contributed by atoms with Gasteiger partial charge in [-0.1, -0.05) is 113 Å². The van der Waals surface area contributed by atoms with Crippen LogP contribution in [0.25, 0.3) is 0 Å². The third kappa shape index (κ3) is 8.28. The van der Waals surface area contributed by atoms with Gasteiger partial charge in [-0.25, -0.2) is 9.78 Å². The zero-order valence-corrected chi connectivity index (χ0v) is 29.3. The highest BCUT2D eigenvalue weighted by Crippen LogP contribution is 2.43. The van der Waals surface area contributed by atoms with E-state index < -0.39 is 36.0 Å². The zero-order valence-electron chi connectivity index (χ0n) is 27.5. The standard InChI is InChI=1S/C35H48ClN3O4Si/c1-32(2,3)30(40)39-35(9,27-21-24-37-29(36)28(27)38-31(41)43-33(4,5)6)23-16-22-34(7,8)44(42,25-17-12-10-13-18-25)26-19-14-11-15-20-26/h10-15,17-21,24,42H,16,22-23H2,1-9H3,(H,38,41)(H,39,40)/t35-/m0/s1. The highest BCUT2D eigenvalue weighted by molar-refractivity contribution is 6.98. The number of carbonyl (C=O) groups excluding carboxylic acids is 2. The summed E-state index contributed by atoms with van der Waals surface area (Å²) in [5, 5.41) is 7.57. The number of amides is 2. The molecular weight excluding hydrogens is 590 g/mol. The van der Waals surface area contributed by atoms with Crippen LogP contribution < -0.4 is 21.0 Å². The van der Waals surface area contributed by atoms with Gasteiger partial charge in [0.2, 0.25) is 5.91 Å². The Morgan fingerprint density at radius 1 is 0.841 bits per heavy atom. The second kappa shape index (κ2) is 13.4. The number of benzene rings is 2. The van der Waals surface area contributed by atoms with E-state index in [9.17, 15) is 14.4 Å². The summed E-state index contributed by atoms with van der Waals surface area (Å²) in [7, 11) is -3.22. The lowest BCUT2D eigenvalue weighted by Gasteiger charge is -2.42. The fourth-order valence-corrected chi connectivity index (χ4v) is 9.48. The monoisotopic (exact) mass is 637 g/mol. The maximum Gasteiger partial charge on any atom is 0.412 e. The minimum Gasteiger partial charge on any atom is -0.444 e. The largest absolute Gasteiger partial charge is 0.444 e. The number of halogens is 1. The molecular formula is C35H48ClN3O4Si. The molecule has 2 amide bonds. The van der Waals surface area contributed by atoms with E-state index in [2.05, 4.69) is 29.5 Å². The molecule has 44 heavy (non-hydrogen) atoms. The highest BCUT2D eigenvalue weighted by Gasteiger charge is 2.50. The van der Waals surface area contributed by atoms with E-state index in [1.807, 2.05) is 88.4 Å². The van der Waals surface area contributed by atoms with E-state index in [0.29, 0.717) is 30.5 Å². The molecule has 0 aliphatic heterocycles. The Bertz CT molecular complexity index is 1400. The molecule has 3 aromatic rings. The number of nitrogens with zero attached hydrogens (tertiary/aromatic N) is 1. The molecule has 0 fully saturated rings. The third-order valence-corrected chi connectivity index (χ3v) is 12.9. The highest BCUT2D eigenvalue weighted by atomic mass is 35.5. The molecule has 238 valence electrons. The van der Waals surface area contributed by atoms with Gasteiger partial charge in [0.05, 0.1) is 11.2 Å². The van der Waals surface area contributed by atoms with Gasteiger partial charge in [-0.2, -0.15) is 0 Å². The summed E-state index contributed by atoms with van der Waals surface area (Å²) in [4.78, 5) is 43.1. The van der Waals surface area contributed by atoms with Gasteiger partial charge in [0.1, 0.15) is 5.60 Å². The van der Waals surface area contributed by atoms with E-state index in [-0.39, 0.29) is 11.1 Å². The van der Waals surface area contributed by atoms with Crippen molar-refractivity contribution in [2.24, 2.45) is 5.41 Å². The number of nitrogens with one attached hydrogen (secondary N) is 2. The van der Waals surface area contributed by atoms with Crippen LogP contribution in [-0.2, 0) is 15.1 Å². The number of ether oxygens (including phenoxy) is 1. The van der Waals surface area contributed by atoms with Crippen molar-refractivity contribution >= 4 is 48.0 Å². The van der Waals surface area contributed by atoms with E-state index in [1.54, 1.807) is 33.0 Å². The van der Waals surface area contributed by atoms with Crippen molar-refractivity contribution in [1.29, 1.82) is 0 Å². The predicted octanol–water partition coefficient (Wildman–Crippen LogP) is 7.16. The normalized spacial score (nSPS) is 14.0. The SMILES string of the molecule is CC(C)(C)OC(=O)Nc1c([C@](C)(CCCC(C)(C)[Si](O)(c2ccccc2)c2ccccc2)NC(=O)C(C)(C)C)ccnc1Cl. The van der Waals surface area contributed by atoms with Crippen LogP contribution in [0.2, 0.25) is 10.2 Å². The number of hydrogen-bond acceptors (Lipinski definition) is 5. The van der Waals surface area contributed by atoms with Crippen LogP contribution in [0, 0.1) is 5.41 Å². The molecule has 0 unspecified atom stereocenters. The van der Waals surface area contributed by atoms with Gasteiger partial charge < -0.3 is 14.8 Å². The minimum absolute atomic E-state index is 0.0971. The Kier molecular flexibility index (Phi) is 10.8. The topological polar surface area (TPSA) is 101 Å². The average molecular weight is 638 g/mol. The van der Waals surface area contributed by atoms with E-state index >= 15 is 0 Å². The van der Waals surface area contributed by atoms with Crippen molar-refractivity contribution in [3.63, 3.8) is 0 Å². The summed E-state index contributed by atoms with van der Waals surface area (Å²) in [5.74, 6) is -0.144. The first-order valence-electron chi connectivity index (χ1n) is 15.1. The van der Waals surface area contributed by atoms with Crippen LogP contribution >= 0.6 is 11.6 Å². The quantitative estimate of drug-likeness (QED) is 0.162. The molecule has 0 saturated heterocycles. The van der Waals surface area contributed by atoms with Gasteiger partial charge in [-0.05, 0) is 62.0 Å². The molecule has 3 N–H and O–H groups in total. The predicted molar refractivity (Wildman–Crippen MR) is 182 cm³/mol. The van der Waals surface area contributed by atoms with E-state index in [0.717, 1.165) is 10.4 Å². The van der Waals surface area contributed by atoms with Crippen molar-refractivity contribution in [2.75, 3.05) is 5.32 Å². The molecule has 2 aromatic carbocycles. The number of anilines is 1. The minimum atomic E-state index is -3.22. The first-order valence-corrected chi connectivity index (χ1v) is 17.4. The van der Waals surface area contributed by atoms with Crippen molar-refractivity contribution in [2.45, 2.75) is 97.8 Å². The first kappa shape index (κ1) is 35.3. The van der Waals surface area contributed by atoms with Gasteiger partial charge in [-0.3, -0.25) is 10.1 Å². The van der Waals surface area contributed by atoms with Gasteiger partial charge in [0.15, 0.2) is 5.15 Å². The van der Waals surface area contributed by atoms with E-state index in [1.165, 1.54) is 0 Å². The Hall–Kier alpha value is -3.20. The number of rotatable bonds is 10. The lowest BCUT2D eigenvalue weighted by atomic mass is 9.83. The molecule has 0 saturated carbocycles. The summed E-state index contributed by atoms with van der Waals surface area (Å²) < 4.78 is 5.50. The van der Waals surface area contributed by atoms with Gasteiger partial charge in [-0.15, -0.1) is 0 Å². The second-order valence-electron chi connectivity index (χ2n) is 14.4. The summed E-state index contributed by atoms with van der Waals surface area (Å²) in [5.41, 5.74) is -1.40. The fraction of sp³-hybridized carbons (Fsp3) is 0.457. The molecule has 1 atom stereocenters. The summed E-state index contributed by atoms with van der Waals surface area (Å²) in [6.07, 6.45) is 2.75. The summed E-state index contributed by atoms with van der Waals surface area (Å²) in [6.45, 7) is 17.1. The van der Waals surface area contributed by atoms with Gasteiger partial charge in [0, 0.05) is 17.2 Å². The second-order valence-corrected chi connectivity index (χ2v) is 18.7. The lowest BCUT2D eigenvalue weighted by Crippen LogP contribution is -2.65. The Morgan fingerprint density at radius 2 is 1.36 bits per heavy atom. The molecule has 0 bridgehead atoms. The first-order chi connectivity index (χ1) is 20.3. The van der Waals surface area contributed by atoms with Gasteiger partial charge in [0.25, 0.3) is 8.32 Å². The molecule has 1 aromatic heterocycles. The van der Waals surface area contributed by atoms with Crippen LogP contribution in [0.4, 0.5) is 10.5 Å². The maximum absolute atomic E-state index is 13.4. The Labute approximate surface area is 268 Å². The molecule has 0 radical (unpaired) electrons. The molecule has 1 heterocycles. The molecule has 0 aliphatic carbocycles. The number of hydrogen-bond donors (Lipinski definition) is 3. The van der Waals surface area contributed by atoms with Crippen molar-refractivity contribution in [1.82, 2.24) is 10.3 Å². The molecule has 0 aliphatic rings. The summed E-state index contributed by atoms with van der Waals surface area (Å²) in [6, 6.07) is 21.6. The van der Waals surface area contributed by atoms with Crippen LogP contribution in [-0.4, -0.2) is 35.7 Å². The number of pyridine rings is 1. The summed E-state index contributed by atoms with van der Waals surface area (Å²) >= 11 is 6.56. The zero-order chi connectivity index (χ0) is 33.0. The average Bonchev–Trinajstić information content (AvgIpc) is 2.92. The lowest BCUT2D eigenvalue weighted by molar-refractivity contribution is -0.130. The number of carbonyl (C=O) groups is 2. The van der Waals surface area contributed by atoms with Crippen LogP contribution in [0.1, 0.15) is 87.1 Å². The Balaban J connectivity index is 2.01. The molecule has 9 heteroatoms. The van der Waals surface area contributed by atoms with Crippen LogP contribution in [0.5, 0.6) is 0 Å². The Morgan fingerprint density at radius 3 is 1.84 bits per heavy atom. The fourth-order valence-electron chi connectivity index (χ4n) is 5.49.